The van der Waals surface area contributed by atoms with Gasteiger partial charge >= 0.3 is 5.97 Å². The molecule has 0 unspecified atom stereocenters. The molecule has 0 heterocycles. The highest BCUT2D eigenvalue weighted by Gasteiger charge is 2.37. The molecule has 9 nitrogen and oxygen atoms in total. The molecular weight excluding hydrogens is 436 g/mol. The molecule has 0 aromatic heterocycles. The number of carbonyl (C=O) groups excluding carboxylic acids is 2. The first-order chi connectivity index (χ1) is 14.1. The van der Waals surface area contributed by atoms with E-state index in [1.807, 2.05) is 0 Å². The number of nitrogens with zero attached hydrogens (tertiary/aromatic N) is 1. The first-order valence-corrected chi connectivity index (χ1v) is 10.7. The Morgan fingerprint density at radius 2 is 1.70 bits per heavy atom. The van der Waals surface area contributed by atoms with E-state index < -0.39 is 38.1 Å². The number of ether oxygens (including phenoxy) is 1. The third-order valence-corrected chi connectivity index (χ3v) is 5.97. The van der Waals surface area contributed by atoms with Gasteiger partial charge in [-0.1, -0.05) is 17.7 Å². The Hall–Kier alpha value is -2.82. The van der Waals surface area contributed by atoms with Crippen molar-refractivity contribution >= 4 is 39.1 Å². The van der Waals surface area contributed by atoms with E-state index in [1.54, 1.807) is 19.1 Å². The number of alkyl halides is 1. The van der Waals surface area contributed by atoms with Crippen LogP contribution in [0.25, 0.3) is 0 Å². The normalized spacial score (nSPS) is 13.3. The van der Waals surface area contributed by atoms with E-state index in [0.29, 0.717) is 0 Å². The Bertz CT molecular complexity index is 1040. The van der Waals surface area contributed by atoms with Crippen LogP contribution in [-0.2, 0) is 19.6 Å². The molecule has 0 spiro atoms. The molecule has 0 aliphatic carbocycles. The third-order valence-electron chi connectivity index (χ3n) is 4.06. The number of Topliss-reactive ketones (excluding diaryl/α,β-unsaturated/α-hetero) is 1. The predicted molar refractivity (Wildman–Crippen MR) is 109 cm³/mol. The van der Waals surface area contributed by atoms with E-state index in [1.165, 1.54) is 31.2 Å². The van der Waals surface area contributed by atoms with Crippen molar-refractivity contribution in [3.8, 4) is 0 Å². The number of nitrogens with one attached hydrogen (secondary N) is 1. The van der Waals surface area contributed by atoms with Gasteiger partial charge in [-0.05, 0) is 38.1 Å². The van der Waals surface area contributed by atoms with Crippen molar-refractivity contribution in [3.63, 3.8) is 0 Å². The Balaban J connectivity index is 2.33. The van der Waals surface area contributed by atoms with Crippen molar-refractivity contribution < 1.29 is 27.7 Å². The average molecular weight is 455 g/mol. The van der Waals surface area contributed by atoms with Crippen LogP contribution in [0.1, 0.15) is 22.8 Å². The lowest BCUT2D eigenvalue weighted by Crippen LogP contribution is -2.50. The number of rotatable bonds is 9. The highest BCUT2D eigenvalue weighted by molar-refractivity contribution is 7.89. The van der Waals surface area contributed by atoms with E-state index in [-0.39, 0.29) is 22.8 Å². The van der Waals surface area contributed by atoms with Gasteiger partial charge < -0.3 is 4.74 Å². The second-order valence-electron chi connectivity index (χ2n) is 6.23. The van der Waals surface area contributed by atoms with E-state index in [2.05, 4.69) is 4.72 Å². The molecule has 2 rings (SSSR count). The summed E-state index contributed by atoms with van der Waals surface area (Å²) in [6, 6.07) is 8.70. The first-order valence-electron chi connectivity index (χ1n) is 8.75. The lowest BCUT2D eigenvalue weighted by molar-refractivity contribution is -0.384. The molecule has 0 aliphatic rings. The van der Waals surface area contributed by atoms with Crippen molar-refractivity contribution in [1.82, 2.24) is 4.72 Å². The molecular formula is C19H19ClN2O7S. The smallest absolute Gasteiger partial charge is 0.326 e. The fourth-order valence-corrected chi connectivity index (χ4v) is 4.03. The first kappa shape index (κ1) is 23.5. The SMILES string of the molecule is CCOC(=O)[C@@H](NS(=O)(=O)c1ccc(C)cc1)[C@@H](Cl)C(=O)c1ccc([N+](=O)[O-])cc1. The molecule has 160 valence electrons. The van der Waals surface area contributed by atoms with E-state index in [9.17, 15) is 28.1 Å². The number of non-ortho nitro benzene ring substituents is 1. The van der Waals surface area contributed by atoms with Crippen LogP contribution in [0.2, 0.25) is 0 Å². The van der Waals surface area contributed by atoms with Gasteiger partial charge in [0.05, 0.1) is 16.4 Å². The van der Waals surface area contributed by atoms with Gasteiger partial charge in [-0.25, -0.2) is 8.42 Å². The number of aryl methyl sites for hydroxylation is 1. The zero-order chi connectivity index (χ0) is 22.5. The number of nitro groups is 1. The number of ketones is 1. The number of halogens is 1. The molecule has 30 heavy (non-hydrogen) atoms. The zero-order valence-corrected chi connectivity index (χ0v) is 17.6. The molecule has 0 saturated carbocycles. The van der Waals surface area contributed by atoms with Crippen LogP contribution in [-0.4, -0.2) is 43.1 Å². The monoisotopic (exact) mass is 454 g/mol. The zero-order valence-electron chi connectivity index (χ0n) is 16.1. The molecule has 0 bridgehead atoms. The van der Waals surface area contributed by atoms with Crippen molar-refractivity contribution in [3.05, 3.63) is 69.8 Å². The minimum Gasteiger partial charge on any atom is -0.465 e. The summed E-state index contributed by atoms with van der Waals surface area (Å²) in [5.41, 5.74) is 0.573. The molecule has 2 aromatic rings. The molecule has 0 fully saturated rings. The predicted octanol–water partition coefficient (Wildman–Crippen LogP) is 2.60. The molecule has 2 aromatic carbocycles. The van der Waals surface area contributed by atoms with Gasteiger partial charge in [0.25, 0.3) is 5.69 Å². The third kappa shape index (κ3) is 5.62. The van der Waals surface area contributed by atoms with Gasteiger partial charge in [-0.3, -0.25) is 19.7 Å². The van der Waals surface area contributed by atoms with Gasteiger partial charge in [0.2, 0.25) is 10.0 Å². The van der Waals surface area contributed by atoms with Gasteiger partial charge in [-0.15, -0.1) is 11.6 Å². The summed E-state index contributed by atoms with van der Waals surface area (Å²) in [5, 5.41) is 9.11. The highest BCUT2D eigenvalue weighted by atomic mass is 35.5. The minimum absolute atomic E-state index is 0.0237. The van der Waals surface area contributed by atoms with E-state index in [4.69, 9.17) is 16.3 Å². The summed E-state index contributed by atoms with van der Waals surface area (Å²) >= 11 is 6.17. The standard InChI is InChI=1S/C19H19ClN2O7S/c1-3-29-19(24)17(21-30(27,28)15-10-4-12(2)5-11-15)16(20)18(23)13-6-8-14(9-7-13)22(25)26/h4-11,16-17,21H,3H2,1-2H3/t16-,17+/m1/s1. The summed E-state index contributed by atoms with van der Waals surface area (Å²) in [4.78, 5) is 35.1. The Labute approximate surface area is 178 Å². The van der Waals surface area contributed by atoms with Crippen LogP contribution in [0.4, 0.5) is 5.69 Å². The van der Waals surface area contributed by atoms with Gasteiger partial charge in [0.15, 0.2) is 5.78 Å². The number of hydrogen-bond donors (Lipinski definition) is 1. The van der Waals surface area contributed by atoms with Crippen LogP contribution in [0.3, 0.4) is 0 Å². The molecule has 1 N–H and O–H groups in total. The number of benzene rings is 2. The maximum Gasteiger partial charge on any atom is 0.326 e. The average Bonchev–Trinajstić information content (AvgIpc) is 2.71. The van der Waals surface area contributed by atoms with Crippen LogP contribution in [0.5, 0.6) is 0 Å². The van der Waals surface area contributed by atoms with Crippen molar-refractivity contribution in [2.45, 2.75) is 30.2 Å². The quantitative estimate of drug-likeness (QED) is 0.202. The molecule has 2 atom stereocenters. The number of esters is 1. The van der Waals surface area contributed by atoms with Crippen molar-refractivity contribution in [1.29, 1.82) is 0 Å². The molecule has 0 aliphatic heterocycles. The summed E-state index contributed by atoms with van der Waals surface area (Å²) < 4.78 is 32.4. The Kier molecular flexibility index (Phi) is 7.65. The van der Waals surface area contributed by atoms with E-state index in [0.717, 1.165) is 17.7 Å². The van der Waals surface area contributed by atoms with Crippen LogP contribution < -0.4 is 4.72 Å². The van der Waals surface area contributed by atoms with Crippen LogP contribution in [0, 0.1) is 17.0 Å². The van der Waals surface area contributed by atoms with Gasteiger partial charge in [0.1, 0.15) is 11.4 Å². The number of nitro benzene ring substituents is 1. The van der Waals surface area contributed by atoms with Gasteiger partial charge in [-0.2, -0.15) is 4.72 Å². The summed E-state index contributed by atoms with van der Waals surface area (Å²) in [7, 11) is -4.20. The fourth-order valence-electron chi connectivity index (χ4n) is 2.47. The minimum atomic E-state index is -4.20. The summed E-state index contributed by atoms with van der Waals surface area (Å²) in [6.45, 7) is 3.24. The molecule has 0 amide bonds. The fraction of sp³-hybridized carbons (Fsp3) is 0.263. The largest absolute Gasteiger partial charge is 0.465 e. The Morgan fingerprint density at radius 3 is 2.20 bits per heavy atom. The molecule has 11 heteroatoms. The number of hydrogen-bond acceptors (Lipinski definition) is 7. The van der Waals surface area contributed by atoms with Crippen LogP contribution >= 0.6 is 11.6 Å². The lowest BCUT2D eigenvalue weighted by Gasteiger charge is -2.21. The maximum absolute atomic E-state index is 12.7. The van der Waals surface area contributed by atoms with E-state index >= 15 is 0 Å². The summed E-state index contributed by atoms with van der Waals surface area (Å²) in [6.07, 6.45) is 0. The number of sulfonamides is 1. The second-order valence-corrected chi connectivity index (χ2v) is 8.42. The topological polar surface area (TPSA) is 133 Å². The second kappa shape index (κ2) is 9.79. The Morgan fingerprint density at radius 1 is 1.13 bits per heavy atom. The van der Waals surface area contributed by atoms with Gasteiger partial charge in [0, 0.05) is 17.7 Å². The van der Waals surface area contributed by atoms with Crippen molar-refractivity contribution in [2.24, 2.45) is 0 Å². The molecule has 0 radical (unpaired) electrons. The van der Waals surface area contributed by atoms with Crippen LogP contribution in [0.15, 0.2) is 53.4 Å². The highest BCUT2D eigenvalue weighted by Crippen LogP contribution is 2.19. The molecule has 0 saturated heterocycles. The maximum atomic E-state index is 12.7. The summed E-state index contributed by atoms with van der Waals surface area (Å²) in [5.74, 6) is -1.82. The lowest BCUT2D eigenvalue weighted by atomic mass is 10.0. The number of carbonyl (C=O) groups is 2. The van der Waals surface area contributed by atoms with Crippen molar-refractivity contribution in [2.75, 3.05) is 6.61 Å².